The maximum atomic E-state index is 4.68. The molecule has 0 saturated carbocycles. The third-order valence-corrected chi connectivity index (χ3v) is 5.09. The van der Waals surface area contributed by atoms with Crippen LogP contribution in [0.4, 0.5) is 0 Å². The van der Waals surface area contributed by atoms with Gasteiger partial charge in [-0.25, -0.2) is 4.98 Å². The second-order valence-corrected chi connectivity index (χ2v) is 6.65. The van der Waals surface area contributed by atoms with Crippen molar-refractivity contribution in [2.24, 2.45) is 0 Å². The van der Waals surface area contributed by atoms with Crippen molar-refractivity contribution < 1.29 is 0 Å². The van der Waals surface area contributed by atoms with Crippen molar-refractivity contribution in [2.45, 2.75) is 26.3 Å². The average Bonchev–Trinajstić information content (AvgIpc) is 2.82. The molecule has 21 heavy (non-hydrogen) atoms. The number of nitrogens with one attached hydrogen (secondary N) is 1. The minimum Gasteiger partial charge on any atom is -0.313 e. The van der Waals surface area contributed by atoms with Gasteiger partial charge in [0.25, 0.3) is 0 Å². The highest BCUT2D eigenvalue weighted by molar-refractivity contribution is 7.11. The minimum atomic E-state index is 0.293. The molecule has 0 aliphatic carbocycles. The number of hydrogen-bond acceptors (Lipinski definition) is 3. The molecule has 2 aromatic carbocycles. The highest BCUT2D eigenvalue weighted by atomic mass is 32.1. The van der Waals surface area contributed by atoms with E-state index in [-0.39, 0.29) is 0 Å². The van der Waals surface area contributed by atoms with Crippen molar-refractivity contribution in [1.29, 1.82) is 0 Å². The molecule has 0 spiro atoms. The summed E-state index contributed by atoms with van der Waals surface area (Å²) in [4.78, 5) is 6.00. The van der Waals surface area contributed by atoms with Gasteiger partial charge in [-0.2, -0.15) is 0 Å². The summed E-state index contributed by atoms with van der Waals surface area (Å²) in [5.41, 5.74) is 2.50. The minimum absolute atomic E-state index is 0.293. The van der Waals surface area contributed by atoms with Crippen LogP contribution in [0.15, 0.2) is 42.5 Å². The average molecular weight is 296 g/mol. The van der Waals surface area contributed by atoms with E-state index in [0.717, 1.165) is 12.1 Å². The van der Waals surface area contributed by atoms with E-state index in [0.29, 0.717) is 6.04 Å². The Balaban J connectivity index is 1.98. The number of thiazole rings is 1. The first-order valence-corrected chi connectivity index (χ1v) is 8.08. The van der Waals surface area contributed by atoms with Gasteiger partial charge in [-0.3, -0.25) is 0 Å². The van der Waals surface area contributed by atoms with Crippen LogP contribution in [0.3, 0.4) is 0 Å². The molecule has 0 bridgehead atoms. The molecule has 0 fully saturated rings. The quantitative estimate of drug-likeness (QED) is 0.771. The number of aromatic nitrogens is 1. The third kappa shape index (κ3) is 2.85. The molecular formula is C18H20N2S. The van der Waals surface area contributed by atoms with E-state index in [1.165, 1.54) is 26.2 Å². The summed E-state index contributed by atoms with van der Waals surface area (Å²) in [7, 11) is 2.03. The summed E-state index contributed by atoms with van der Waals surface area (Å²) >= 11 is 1.81. The van der Waals surface area contributed by atoms with Crippen LogP contribution in [0.1, 0.15) is 27.2 Å². The van der Waals surface area contributed by atoms with Gasteiger partial charge < -0.3 is 5.32 Å². The van der Waals surface area contributed by atoms with E-state index in [4.69, 9.17) is 0 Å². The highest BCUT2D eigenvalue weighted by Crippen LogP contribution is 2.28. The van der Waals surface area contributed by atoms with Crippen LogP contribution in [0, 0.1) is 13.8 Å². The zero-order valence-electron chi connectivity index (χ0n) is 12.7. The standard InChI is InChI=1S/C18H20N2S/c1-12-13(2)21-18(20-12)11-17(19-3)16-10-6-8-14-7-4-5-9-15(14)16/h4-10,17,19H,11H2,1-3H3. The monoisotopic (exact) mass is 296 g/mol. The molecule has 1 atom stereocenters. The predicted molar refractivity (Wildman–Crippen MR) is 91.0 cm³/mol. The Morgan fingerprint density at radius 3 is 2.57 bits per heavy atom. The van der Waals surface area contributed by atoms with E-state index in [9.17, 15) is 0 Å². The summed E-state index contributed by atoms with van der Waals surface area (Å²) in [6.07, 6.45) is 0.934. The lowest BCUT2D eigenvalue weighted by molar-refractivity contribution is 0.594. The number of hydrogen-bond donors (Lipinski definition) is 1. The van der Waals surface area contributed by atoms with Gasteiger partial charge in [-0.1, -0.05) is 42.5 Å². The van der Waals surface area contributed by atoms with Crippen molar-refractivity contribution in [3.05, 3.63) is 63.6 Å². The predicted octanol–water partition coefficient (Wildman–Crippen LogP) is 4.42. The number of aryl methyl sites for hydroxylation is 2. The Morgan fingerprint density at radius 1 is 1.10 bits per heavy atom. The fraction of sp³-hybridized carbons (Fsp3) is 0.278. The summed E-state index contributed by atoms with van der Waals surface area (Å²) in [5.74, 6) is 0. The molecule has 0 aliphatic heterocycles. The van der Waals surface area contributed by atoms with E-state index < -0.39 is 0 Å². The molecule has 108 valence electrons. The van der Waals surface area contributed by atoms with Crippen LogP contribution in [0.2, 0.25) is 0 Å². The van der Waals surface area contributed by atoms with Crippen molar-refractivity contribution >= 4 is 22.1 Å². The van der Waals surface area contributed by atoms with E-state index in [1.807, 2.05) is 18.4 Å². The zero-order valence-corrected chi connectivity index (χ0v) is 13.5. The lowest BCUT2D eigenvalue weighted by atomic mass is 9.97. The van der Waals surface area contributed by atoms with E-state index in [2.05, 4.69) is 66.6 Å². The fourth-order valence-corrected chi connectivity index (χ4v) is 3.70. The van der Waals surface area contributed by atoms with Crippen molar-refractivity contribution in [1.82, 2.24) is 10.3 Å². The van der Waals surface area contributed by atoms with Gasteiger partial charge in [-0.15, -0.1) is 11.3 Å². The SMILES string of the molecule is CNC(Cc1nc(C)c(C)s1)c1cccc2ccccc12. The molecular weight excluding hydrogens is 276 g/mol. The third-order valence-electron chi connectivity index (χ3n) is 4.00. The summed E-state index contributed by atoms with van der Waals surface area (Å²) < 4.78 is 0. The Bertz CT molecular complexity index is 736. The van der Waals surface area contributed by atoms with Crippen LogP contribution in [-0.4, -0.2) is 12.0 Å². The molecule has 1 heterocycles. The maximum absolute atomic E-state index is 4.68. The molecule has 3 aromatic rings. The van der Waals surface area contributed by atoms with Crippen LogP contribution in [-0.2, 0) is 6.42 Å². The van der Waals surface area contributed by atoms with E-state index in [1.54, 1.807) is 0 Å². The molecule has 1 N–H and O–H groups in total. The van der Waals surface area contributed by atoms with Gasteiger partial charge in [0, 0.05) is 17.3 Å². The first-order valence-electron chi connectivity index (χ1n) is 7.27. The molecule has 2 nitrogen and oxygen atoms in total. The zero-order chi connectivity index (χ0) is 14.8. The topological polar surface area (TPSA) is 24.9 Å². The number of benzene rings is 2. The Hall–Kier alpha value is -1.71. The largest absolute Gasteiger partial charge is 0.313 e. The molecule has 3 rings (SSSR count). The molecule has 1 aromatic heterocycles. The first-order chi connectivity index (χ1) is 10.2. The molecule has 1 unspecified atom stereocenters. The second-order valence-electron chi connectivity index (χ2n) is 5.36. The van der Waals surface area contributed by atoms with Gasteiger partial charge in [0.1, 0.15) is 0 Å². The van der Waals surface area contributed by atoms with Gasteiger partial charge in [-0.05, 0) is 37.2 Å². The molecule has 0 amide bonds. The second kappa shape index (κ2) is 5.96. The maximum Gasteiger partial charge on any atom is 0.0949 e. The molecule has 0 aliphatic rings. The van der Waals surface area contributed by atoms with E-state index >= 15 is 0 Å². The molecule has 3 heteroatoms. The van der Waals surface area contributed by atoms with Crippen molar-refractivity contribution in [3.63, 3.8) is 0 Å². The number of fused-ring (bicyclic) bond motifs is 1. The number of likely N-dealkylation sites (N-methyl/N-ethyl adjacent to an activating group) is 1. The lowest BCUT2D eigenvalue weighted by Gasteiger charge is -2.17. The summed E-state index contributed by atoms with van der Waals surface area (Å²) in [5, 5.41) is 7.28. The normalized spacial score (nSPS) is 12.7. The number of rotatable bonds is 4. The highest BCUT2D eigenvalue weighted by Gasteiger charge is 2.15. The Labute approximate surface area is 129 Å². The van der Waals surface area contributed by atoms with Crippen LogP contribution < -0.4 is 5.32 Å². The summed E-state index contributed by atoms with van der Waals surface area (Å²) in [6, 6.07) is 15.4. The van der Waals surface area contributed by atoms with Crippen molar-refractivity contribution in [3.8, 4) is 0 Å². The Morgan fingerprint density at radius 2 is 1.86 bits per heavy atom. The first kappa shape index (κ1) is 14.2. The molecule has 0 saturated heterocycles. The lowest BCUT2D eigenvalue weighted by Crippen LogP contribution is -2.19. The van der Waals surface area contributed by atoms with Gasteiger partial charge >= 0.3 is 0 Å². The number of nitrogens with zero attached hydrogens (tertiary/aromatic N) is 1. The van der Waals surface area contributed by atoms with Crippen molar-refractivity contribution in [2.75, 3.05) is 7.05 Å². The summed E-state index contributed by atoms with van der Waals surface area (Å²) in [6.45, 7) is 4.23. The van der Waals surface area contributed by atoms with Gasteiger partial charge in [0.15, 0.2) is 0 Å². The fourth-order valence-electron chi connectivity index (χ4n) is 2.72. The van der Waals surface area contributed by atoms with Crippen LogP contribution in [0.5, 0.6) is 0 Å². The van der Waals surface area contributed by atoms with Gasteiger partial charge in [0.2, 0.25) is 0 Å². The van der Waals surface area contributed by atoms with Crippen LogP contribution in [0.25, 0.3) is 10.8 Å². The smallest absolute Gasteiger partial charge is 0.0949 e. The Kier molecular flexibility index (Phi) is 4.04. The molecule has 0 radical (unpaired) electrons. The van der Waals surface area contributed by atoms with Gasteiger partial charge in [0.05, 0.1) is 10.7 Å². The van der Waals surface area contributed by atoms with Crippen LogP contribution >= 0.6 is 11.3 Å².